The van der Waals surface area contributed by atoms with Crippen LogP contribution >= 0.6 is 0 Å². The Morgan fingerprint density at radius 2 is 2.08 bits per heavy atom. The highest BCUT2D eigenvalue weighted by molar-refractivity contribution is 5.79. The Morgan fingerprint density at radius 1 is 1.25 bits per heavy atom. The van der Waals surface area contributed by atoms with Gasteiger partial charge in [-0.2, -0.15) is 0 Å². The summed E-state index contributed by atoms with van der Waals surface area (Å²) in [6.45, 7) is 7.08. The number of aryl methyl sites for hydroxylation is 2. The maximum Gasteiger partial charge on any atom is 0.160 e. The van der Waals surface area contributed by atoms with E-state index >= 15 is 0 Å². The first kappa shape index (κ1) is 16.4. The lowest BCUT2D eigenvalue weighted by Crippen LogP contribution is -2.06. The van der Waals surface area contributed by atoms with E-state index in [1.54, 1.807) is 12.4 Å². The molecule has 3 aromatic rings. The standard InChI is InChI=1S/C19H24N4O/c1-5-6-14-9-16-19(21-10-14)23(4)18(22-16)15-7-8-20-11-17(15)24-12-13(2)3/h7-11,13H,5-6,12H2,1-4H3. The summed E-state index contributed by atoms with van der Waals surface area (Å²) < 4.78 is 7.95. The Labute approximate surface area is 142 Å². The number of hydrogen-bond acceptors (Lipinski definition) is 4. The van der Waals surface area contributed by atoms with E-state index in [1.165, 1.54) is 5.56 Å². The molecular weight excluding hydrogens is 300 g/mol. The van der Waals surface area contributed by atoms with Gasteiger partial charge in [-0.25, -0.2) is 9.97 Å². The van der Waals surface area contributed by atoms with Gasteiger partial charge in [-0.15, -0.1) is 0 Å². The van der Waals surface area contributed by atoms with Crippen molar-refractivity contribution in [2.24, 2.45) is 13.0 Å². The molecule has 0 aliphatic heterocycles. The largest absolute Gasteiger partial charge is 0.491 e. The predicted molar refractivity (Wildman–Crippen MR) is 96.1 cm³/mol. The Morgan fingerprint density at radius 3 is 2.83 bits per heavy atom. The molecule has 0 aliphatic carbocycles. The molecule has 0 amide bonds. The molecule has 5 heteroatoms. The summed E-state index contributed by atoms with van der Waals surface area (Å²) >= 11 is 0. The van der Waals surface area contributed by atoms with E-state index in [2.05, 4.69) is 36.8 Å². The maximum absolute atomic E-state index is 5.93. The molecule has 0 N–H and O–H groups in total. The smallest absolute Gasteiger partial charge is 0.160 e. The lowest BCUT2D eigenvalue weighted by atomic mass is 10.2. The number of nitrogens with zero attached hydrogens (tertiary/aromatic N) is 4. The molecule has 0 saturated heterocycles. The van der Waals surface area contributed by atoms with E-state index in [9.17, 15) is 0 Å². The summed E-state index contributed by atoms with van der Waals surface area (Å²) in [5.41, 5.74) is 3.98. The molecule has 24 heavy (non-hydrogen) atoms. The summed E-state index contributed by atoms with van der Waals surface area (Å²) in [7, 11) is 1.99. The fourth-order valence-electron chi connectivity index (χ4n) is 2.72. The maximum atomic E-state index is 5.93. The van der Waals surface area contributed by atoms with Gasteiger partial charge in [-0.05, 0) is 30.0 Å². The van der Waals surface area contributed by atoms with Crippen LogP contribution in [0.2, 0.25) is 0 Å². The molecule has 0 aliphatic rings. The number of aromatic nitrogens is 4. The summed E-state index contributed by atoms with van der Waals surface area (Å²) in [6.07, 6.45) is 7.59. The zero-order chi connectivity index (χ0) is 17.1. The van der Waals surface area contributed by atoms with Crippen molar-refractivity contribution in [2.45, 2.75) is 33.6 Å². The molecule has 0 fully saturated rings. The van der Waals surface area contributed by atoms with Crippen LogP contribution in [0.1, 0.15) is 32.8 Å². The average molecular weight is 324 g/mol. The Bertz CT molecular complexity index is 838. The van der Waals surface area contributed by atoms with Crippen LogP contribution in [0.25, 0.3) is 22.6 Å². The normalized spacial score (nSPS) is 11.4. The van der Waals surface area contributed by atoms with E-state index < -0.39 is 0 Å². The highest BCUT2D eigenvalue weighted by atomic mass is 16.5. The quantitative estimate of drug-likeness (QED) is 0.687. The lowest BCUT2D eigenvalue weighted by molar-refractivity contribution is 0.271. The molecule has 126 valence electrons. The second-order valence-corrected chi connectivity index (χ2v) is 6.51. The Kier molecular flexibility index (Phi) is 4.79. The molecule has 0 radical (unpaired) electrons. The van der Waals surface area contributed by atoms with Gasteiger partial charge >= 0.3 is 0 Å². The minimum Gasteiger partial charge on any atom is -0.491 e. The molecule has 0 bridgehead atoms. The second-order valence-electron chi connectivity index (χ2n) is 6.51. The molecular formula is C19H24N4O. The highest BCUT2D eigenvalue weighted by Gasteiger charge is 2.16. The molecule has 0 aromatic carbocycles. The first-order chi connectivity index (χ1) is 11.6. The van der Waals surface area contributed by atoms with E-state index in [0.717, 1.165) is 41.1 Å². The van der Waals surface area contributed by atoms with Crippen molar-refractivity contribution in [1.82, 2.24) is 19.5 Å². The fourth-order valence-corrected chi connectivity index (χ4v) is 2.72. The topological polar surface area (TPSA) is 52.8 Å². The molecule has 3 aromatic heterocycles. The van der Waals surface area contributed by atoms with E-state index in [1.807, 2.05) is 23.9 Å². The fraction of sp³-hybridized carbons (Fsp3) is 0.421. The predicted octanol–water partition coefficient (Wildman–Crippen LogP) is 4.02. The van der Waals surface area contributed by atoms with Crippen LogP contribution in [-0.4, -0.2) is 26.1 Å². The molecule has 5 nitrogen and oxygen atoms in total. The Balaban J connectivity index is 2.04. The number of pyridine rings is 2. The van der Waals surface area contributed by atoms with Gasteiger partial charge in [-0.3, -0.25) is 4.98 Å². The molecule has 0 unspecified atom stereocenters. The zero-order valence-corrected chi connectivity index (χ0v) is 14.8. The molecule has 0 saturated carbocycles. The van der Waals surface area contributed by atoms with Gasteiger partial charge in [-0.1, -0.05) is 27.2 Å². The van der Waals surface area contributed by atoms with E-state index in [4.69, 9.17) is 9.72 Å². The minimum absolute atomic E-state index is 0.455. The van der Waals surface area contributed by atoms with E-state index in [0.29, 0.717) is 12.5 Å². The zero-order valence-electron chi connectivity index (χ0n) is 14.8. The first-order valence-corrected chi connectivity index (χ1v) is 8.48. The van der Waals surface area contributed by atoms with Crippen molar-refractivity contribution in [2.75, 3.05) is 6.61 Å². The van der Waals surface area contributed by atoms with Crippen LogP contribution in [-0.2, 0) is 13.5 Å². The monoisotopic (exact) mass is 324 g/mol. The van der Waals surface area contributed by atoms with Crippen LogP contribution in [0.15, 0.2) is 30.7 Å². The van der Waals surface area contributed by atoms with Crippen molar-refractivity contribution >= 4 is 11.2 Å². The molecule has 3 heterocycles. The number of fused-ring (bicyclic) bond motifs is 1. The van der Waals surface area contributed by atoms with Gasteiger partial charge in [0.25, 0.3) is 0 Å². The van der Waals surface area contributed by atoms with Gasteiger partial charge in [0, 0.05) is 19.4 Å². The van der Waals surface area contributed by atoms with Crippen LogP contribution < -0.4 is 4.74 Å². The molecule has 0 atom stereocenters. The van der Waals surface area contributed by atoms with Gasteiger partial charge in [0.1, 0.15) is 17.1 Å². The Hall–Kier alpha value is -2.43. The number of rotatable bonds is 6. The summed E-state index contributed by atoms with van der Waals surface area (Å²) in [4.78, 5) is 13.6. The third kappa shape index (κ3) is 3.25. The van der Waals surface area contributed by atoms with Crippen LogP contribution in [0.4, 0.5) is 0 Å². The summed E-state index contributed by atoms with van der Waals surface area (Å²) in [6, 6.07) is 4.08. The van der Waals surface area contributed by atoms with E-state index in [-0.39, 0.29) is 0 Å². The number of hydrogen-bond donors (Lipinski definition) is 0. The average Bonchev–Trinajstić information content (AvgIpc) is 2.90. The van der Waals surface area contributed by atoms with Crippen LogP contribution in [0, 0.1) is 5.92 Å². The van der Waals surface area contributed by atoms with Crippen LogP contribution in [0.3, 0.4) is 0 Å². The van der Waals surface area contributed by atoms with Crippen molar-refractivity contribution in [3.63, 3.8) is 0 Å². The summed E-state index contributed by atoms with van der Waals surface area (Å²) in [5, 5.41) is 0. The molecule has 0 spiro atoms. The first-order valence-electron chi connectivity index (χ1n) is 8.48. The van der Waals surface area contributed by atoms with Gasteiger partial charge in [0.2, 0.25) is 0 Å². The van der Waals surface area contributed by atoms with Crippen molar-refractivity contribution < 1.29 is 4.74 Å². The van der Waals surface area contributed by atoms with Gasteiger partial charge in [0.05, 0.1) is 18.4 Å². The lowest BCUT2D eigenvalue weighted by Gasteiger charge is -2.12. The number of imidazole rings is 1. The second kappa shape index (κ2) is 6.99. The third-order valence-corrected chi connectivity index (χ3v) is 3.90. The SMILES string of the molecule is CCCc1cnc2c(c1)nc(-c1ccncc1OCC(C)C)n2C. The van der Waals surface area contributed by atoms with Crippen molar-refractivity contribution in [1.29, 1.82) is 0 Å². The van der Waals surface area contributed by atoms with Crippen molar-refractivity contribution in [3.8, 4) is 17.1 Å². The highest BCUT2D eigenvalue weighted by Crippen LogP contribution is 2.30. The van der Waals surface area contributed by atoms with Crippen LogP contribution in [0.5, 0.6) is 5.75 Å². The van der Waals surface area contributed by atoms with Gasteiger partial charge in [0.15, 0.2) is 5.65 Å². The summed E-state index contributed by atoms with van der Waals surface area (Å²) in [5.74, 6) is 2.07. The van der Waals surface area contributed by atoms with Crippen molar-refractivity contribution in [3.05, 3.63) is 36.3 Å². The van der Waals surface area contributed by atoms with Gasteiger partial charge < -0.3 is 9.30 Å². The minimum atomic E-state index is 0.455. The third-order valence-electron chi connectivity index (χ3n) is 3.90. The molecule has 3 rings (SSSR count). The number of ether oxygens (including phenoxy) is 1.